The highest BCUT2D eigenvalue weighted by atomic mass is 79.9. The first-order chi connectivity index (χ1) is 10.7. The van der Waals surface area contributed by atoms with Crippen molar-refractivity contribution in [3.8, 4) is 17.5 Å². The zero-order valence-electron chi connectivity index (χ0n) is 11.4. The Balaban J connectivity index is 1.93. The van der Waals surface area contributed by atoms with Crippen molar-refractivity contribution in [2.75, 3.05) is 0 Å². The van der Waals surface area contributed by atoms with Crippen LogP contribution >= 0.6 is 15.9 Å². The molecule has 22 heavy (non-hydrogen) atoms. The van der Waals surface area contributed by atoms with Crippen molar-refractivity contribution in [2.24, 2.45) is 0 Å². The number of nitriles is 1. The summed E-state index contributed by atoms with van der Waals surface area (Å²) in [6, 6.07) is 8.70. The second-order valence-corrected chi connectivity index (χ2v) is 6.31. The van der Waals surface area contributed by atoms with Gasteiger partial charge in [0.1, 0.15) is 28.9 Å². The molecular weight excluding hydrogens is 347 g/mol. The van der Waals surface area contributed by atoms with Crippen LogP contribution in [0.4, 0.5) is 4.39 Å². The van der Waals surface area contributed by atoms with Crippen LogP contribution in [0.25, 0.3) is 22.6 Å². The lowest BCUT2D eigenvalue weighted by molar-refractivity contribution is 0.629. The van der Waals surface area contributed by atoms with Gasteiger partial charge in [-0.25, -0.2) is 14.4 Å². The first kappa shape index (κ1) is 13.4. The fourth-order valence-electron chi connectivity index (χ4n) is 2.59. The third kappa shape index (κ3) is 2.18. The lowest BCUT2D eigenvalue weighted by Gasteiger charge is -1.99. The van der Waals surface area contributed by atoms with Gasteiger partial charge in [-0.05, 0) is 48.6 Å². The average Bonchev–Trinajstić information content (AvgIpc) is 3.25. The van der Waals surface area contributed by atoms with Gasteiger partial charge >= 0.3 is 0 Å². The fourth-order valence-corrected chi connectivity index (χ4v) is 2.92. The minimum atomic E-state index is -0.359. The number of benzene rings is 1. The van der Waals surface area contributed by atoms with E-state index in [1.165, 1.54) is 6.07 Å². The summed E-state index contributed by atoms with van der Waals surface area (Å²) < 4.78 is 14.8. The maximum absolute atomic E-state index is 14.1. The Kier molecular flexibility index (Phi) is 2.98. The SMILES string of the molecule is N#Cc1cc(C2CC2)c2nc(-c3ccc(Br)cc3F)[nH]c2n1. The highest BCUT2D eigenvalue weighted by Crippen LogP contribution is 2.43. The molecule has 0 atom stereocenters. The molecule has 1 N–H and O–H groups in total. The molecule has 2 aromatic heterocycles. The van der Waals surface area contributed by atoms with Gasteiger partial charge in [0.2, 0.25) is 0 Å². The van der Waals surface area contributed by atoms with Crippen LogP contribution in [0, 0.1) is 17.1 Å². The molecule has 1 aromatic carbocycles. The first-order valence-corrected chi connectivity index (χ1v) is 7.71. The second kappa shape index (κ2) is 4.89. The van der Waals surface area contributed by atoms with Crippen LogP contribution in [-0.4, -0.2) is 15.0 Å². The van der Waals surface area contributed by atoms with Crippen LogP contribution in [0.1, 0.15) is 30.0 Å². The number of nitrogens with zero attached hydrogens (tertiary/aromatic N) is 3. The summed E-state index contributed by atoms with van der Waals surface area (Å²) >= 11 is 3.24. The molecule has 0 unspecified atom stereocenters. The summed E-state index contributed by atoms with van der Waals surface area (Å²) in [4.78, 5) is 11.8. The van der Waals surface area contributed by atoms with Crippen molar-refractivity contribution in [1.29, 1.82) is 5.26 Å². The number of hydrogen-bond acceptors (Lipinski definition) is 3. The molecule has 1 aliphatic carbocycles. The summed E-state index contributed by atoms with van der Waals surface area (Å²) in [5.41, 5.74) is 3.06. The molecule has 3 aromatic rings. The van der Waals surface area contributed by atoms with Crippen molar-refractivity contribution in [3.63, 3.8) is 0 Å². The number of fused-ring (bicyclic) bond motifs is 1. The minimum Gasteiger partial charge on any atom is -0.322 e. The molecule has 2 heterocycles. The molecule has 108 valence electrons. The largest absolute Gasteiger partial charge is 0.322 e. The predicted molar refractivity (Wildman–Crippen MR) is 83.7 cm³/mol. The van der Waals surface area contributed by atoms with Crippen LogP contribution in [-0.2, 0) is 0 Å². The van der Waals surface area contributed by atoms with Crippen molar-refractivity contribution in [1.82, 2.24) is 15.0 Å². The molecule has 0 saturated heterocycles. The van der Waals surface area contributed by atoms with Gasteiger partial charge in [0.25, 0.3) is 0 Å². The maximum atomic E-state index is 14.1. The first-order valence-electron chi connectivity index (χ1n) is 6.92. The Morgan fingerprint density at radius 3 is 2.77 bits per heavy atom. The summed E-state index contributed by atoms with van der Waals surface area (Å²) in [7, 11) is 0. The molecular formula is C16H10BrFN4. The van der Waals surface area contributed by atoms with Gasteiger partial charge in [0.05, 0.1) is 5.56 Å². The number of H-pyrrole nitrogens is 1. The third-order valence-corrected chi connectivity index (χ3v) is 4.29. The monoisotopic (exact) mass is 356 g/mol. The van der Waals surface area contributed by atoms with E-state index in [2.05, 4.69) is 37.0 Å². The van der Waals surface area contributed by atoms with Crippen LogP contribution < -0.4 is 0 Å². The summed E-state index contributed by atoms with van der Waals surface area (Å²) in [5, 5.41) is 9.11. The van der Waals surface area contributed by atoms with E-state index in [1.54, 1.807) is 18.2 Å². The number of aromatic amines is 1. The second-order valence-electron chi connectivity index (χ2n) is 5.39. The Hall–Kier alpha value is -2.26. The van der Waals surface area contributed by atoms with E-state index in [0.717, 1.165) is 23.9 Å². The van der Waals surface area contributed by atoms with Crippen LogP contribution in [0.5, 0.6) is 0 Å². The van der Waals surface area contributed by atoms with Crippen LogP contribution in [0.15, 0.2) is 28.7 Å². The summed E-state index contributed by atoms with van der Waals surface area (Å²) in [6.45, 7) is 0. The summed E-state index contributed by atoms with van der Waals surface area (Å²) in [6.07, 6.45) is 2.19. The topological polar surface area (TPSA) is 65.4 Å². The molecule has 4 nitrogen and oxygen atoms in total. The van der Waals surface area contributed by atoms with Crippen LogP contribution in [0.2, 0.25) is 0 Å². The van der Waals surface area contributed by atoms with Gasteiger partial charge < -0.3 is 4.98 Å². The lowest BCUT2D eigenvalue weighted by atomic mass is 10.1. The maximum Gasteiger partial charge on any atom is 0.159 e. The van der Waals surface area contributed by atoms with Gasteiger partial charge in [-0.3, -0.25) is 0 Å². The van der Waals surface area contributed by atoms with Gasteiger partial charge in [0.15, 0.2) is 5.65 Å². The van der Waals surface area contributed by atoms with Gasteiger partial charge in [-0.1, -0.05) is 15.9 Å². The standard InChI is InChI=1S/C16H10BrFN4/c17-9-3-4-11(13(18)5-9)15-21-14-12(8-1-2-8)6-10(7-19)20-16(14)22-15/h3-6,8H,1-2H2,(H,20,21,22). The van der Waals surface area contributed by atoms with Crippen molar-refractivity contribution in [2.45, 2.75) is 18.8 Å². The lowest BCUT2D eigenvalue weighted by Crippen LogP contribution is -1.90. The van der Waals surface area contributed by atoms with E-state index >= 15 is 0 Å². The van der Waals surface area contributed by atoms with Crippen molar-refractivity contribution in [3.05, 3.63) is 45.8 Å². The Morgan fingerprint density at radius 2 is 2.09 bits per heavy atom. The third-order valence-electron chi connectivity index (χ3n) is 3.80. The van der Waals surface area contributed by atoms with E-state index in [9.17, 15) is 4.39 Å². The number of aromatic nitrogens is 3. The van der Waals surface area contributed by atoms with Crippen molar-refractivity contribution < 1.29 is 4.39 Å². The molecule has 0 bridgehead atoms. The molecule has 1 fully saturated rings. The Labute approximate surface area is 134 Å². The van der Waals surface area contributed by atoms with E-state index in [4.69, 9.17) is 5.26 Å². The zero-order valence-corrected chi connectivity index (χ0v) is 13.0. The zero-order chi connectivity index (χ0) is 15.3. The van der Waals surface area contributed by atoms with E-state index in [-0.39, 0.29) is 5.82 Å². The average molecular weight is 357 g/mol. The normalized spacial score (nSPS) is 14.2. The number of imidazole rings is 1. The highest BCUT2D eigenvalue weighted by molar-refractivity contribution is 9.10. The smallest absolute Gasteiger partial charge is 0.159 e. The summed E-state index contributed by atoms with van der Waals surface area (Å²) in [5.74, 6) is 0.509. The molecule has 0 spiro atoms. The Morgan fingerprint density at radius 1 is 1.27 bits per heavy atom. The number of nitrogens with one attached hydrogen (secondary N) is 1. The van der Waals surface area contributed by atoms with E-state index in [0.29, 0.717) is 33.1 Å². The highest BCUT2D eigenvalue weighted by Gasteiger charge is 2.28. The molecule has 1 aliphatic rings. The Bertz CT molecular complexity index is 937. The predicted octanol–water partition coefficient (Wildman–Crippen LogP) is 4.28. The molecule has 0 radical (unpaired) electrons. The van der Waals surface area contributed by atoms with Crippen LogP contribution in [0.3, 0.4) is 0 Å². The van der Waals surface area contributed by atoms with Crippen molar-refractivity contribution >= 4 is 27.1 Å². The van der Waals surface area contributed by atoms with E-state index < -0.39 is 0 Å². The molecule has 0 aliphatic heterocycles. The van der Waals surface area contributed by atoms with E-state index in [1.807, 2.05) is 0 Å². The van der Waals surface area contributed by atoms with Gasteiger partial charge in [-0.2, -0.15) is 5.26 Å². The quantitative estimate of drug-likeness (QED) is 0.745. The number of halogens is 2. The van der Waals surface area contributed by atoms with Gasteiger partial charge in [0, 0.05) is 4.47 Å². The fraction of sp³-hybridized carbons (Fsp3) is 0.188. The molecule has 1 saturated carbocycles. The molecule has 0 amide bonds. The number of hydrogen-bond donors (Lipinski definition) is 1. The minimum absolute atomic E-state index is 0.359. The number of pyridine rings is 1. The molecule has 4 rings (SSSR count). The molecule has 6 heteroatoms. The number of rotatable bonds is 2. The van der Waals surface area contributed by atoms with Gasteiger partial charge in [-0.15, -0.1) is 0 Å².